The van der Waals surface area contributed by atoms with Gasteiger partial charge in [0.2, 0.25) is 11.8 Å². The Kier molecular flexibility index (Phi) is 4.14. The first kappa shape index (κ1) is 15.3. The number of anilines is 1. The van der Waals surface area contributed by atoms with Gasteiger partial charge in [-0.3, -0.25) is 14.6 Å². The van der Waals surface area contributed by atoms with Gasteiger partial charge in [0, 0.05) is 24.5 Å². The molecule has 1 aliphatic rings. The number of amides is 2. The molecule has 1 saturated heterocycles. The van der Waals surface area contributed by atoms with Crippen molar-refractivity contribution >= 4 is 28.4 Å². The second kappa shape index (κ2) is 6.24. The number of methoxy groups -OCH3 is 1. The number of aromatic nitrogens is 1. The maximum absolute atomic E-state index is 12.3. The lowest BCUT2D eigenvalue weighted by atomic mass is 10.1. The fourth-order valence-corrected chi connectivity index (χ4v) is 2.85. The van der Waals surface area contributed by atoms with Crippen molar-refractivity contribution in [3.63, 3.8) is 0 Å². The van der Waals surface area contributed by atoms with Crippen molar-refractivity contribution in [2.45, 2.75) is 19.8 Å². The molecular formula is C17H19N3O3. The first-order valence-electron chi connectivity index (χ1n) is 7.60. The van der Waals surface area contributed by atoms with Crippen LogP contribution in [0.1, 0.15) is 18.4 Å². The van der Waals surface area contributed by atoms with Gasteiger partial charge >= 0.3 is 0 Å². The van der Waals surface area contributed by atoms with Gasteiger partial charge in [-0.05, 0) is 25.0 Å². The van der Waals surface area contributed by atoms with Crippen molar-refractivity contribution in [2.24, 2.45) is 0 Å². The highest BCUT2D eigenvalue weighted by molar-refractivity contribution is 6.04. The molecule has 0 aliphatic carbocycles. The van der Waals surface area contributed by atoms with E-state index in [1.165, 1.54) is 0 Å². The van der Waals surface area contributed by atoms with E-state index in [4.69, 9.17) is 4.74 Å². The lowest BCUT2D eigenvalue weighted by Gasteiger charge is -2.17. The van der Waals surface area contributed by atoms with Crippen LogP contribution in [0.2, 0.25) is 0 Å². The highest BCUT2D eigenvalue weighted by Crippen LogP contribution is 2.31. The first-order valence-corrected chi connectivity index (χ1v) is 7.60. The lowest BCUT2D eigenvalue weighted by molar-refractivity contribution is -0.131. The molecule has 120 valence electrons. The molecule has 2 amide bonds. The smallest absolute Gasteiger partial charge is 0.244 e. The standard InChI is InChI=1S/C17H19N3O3/c1-11-9-18-17-12(5-3-6-13(17)23-2)16(11)19-14(21)10-20-8-4-7-15(20)22/h3,5-6,9H,4,7-8,10H2,1-2H3,(H,18,19,21). The molecular weight excluding hydrogens is 294 g/mol. The molecule has 2 aromatic rings. The van der Waals surface area contributed by atoms with Crippen LogP contribution in [0.3, 0.4) is 0 Å². The fraction of sp³-hybridized carbons (Fsp3) is 0.353. The minimum Gasteiger partial charge on any atom is -0.494 e. The number of benzene rings is 1. The van der Waals surface area contributed by atoms with E-state index in [1.807, 2.05) is 25.1 Å². The summed E-state index contributed by atoms with van der Waals surface area (Å²) in [7, 11) is 1.59. The monoisotopic (exact) mass is 313 g/mol. The van der Waals surface area contributed by atoms with Gasteiger partial charge in [-0.2, -0.15) is 0 Å². The zero-order valence-corrected chi connectivity index (χ0v) is 13.3. The van der Waals surface area contributed by atoms with E-state index >= 15 is 0 Å². The summed E-state index contributed by atoms with van der Waals surface area (Å²) in [4.78, 5) is 29.9. The molecule has 0 radical (unpaired) electrons. The quantitative estimate of drug-likeness (QED) is 0.938. The summed E-state index contributed by atoms with van der Waals surface area (Å²) >= 11 is 0. The number of nitrogens with one attached hydrogen (secondary N) is 1. The van der Waals surface area contributed by atoms with Crippen LogP contribution in [-0.2, 0) is 9.59 Å². The van der Waals surface area contributed by atoms with Crippen molar-refractivity contribution in [1.29, 1.82) is 0 Å². The molecule has 1 aliphatic heterocycles. The molecule has 0 spiro atoms. The minimum atomic E-state index is -0.196. The minimum absolute atomic E-state index is 0.0399. The summed E-state index contributed by atoms with van der Waals surface area (Å²) in [6, 6.07) is 5.59. The second-order valence-corrected chi connectivity index (χ2v) is 5.64. The number of hydrogen-bond acceptors (Lipinski definition) is 4. The van der Waals surface area contributed by atoms with Crippen LogP contribution in [0.15, 0.2) is 24.4 Å². The Bertz CT molecular complexity index is 773. The Hall–Kier alpha value is -2.63. The molecule has 1 aromatic heterocycles. The summed E-state index contributed by atoms with van der Waals surface area (Å²) in [6.07, 6.45) is 3.06. The van der Waals surface area contributed by atoms with Crippen molar-refractivity contribution < 1.29 is 14.3 Å². The van der Waals surface area contributed by atoms with E-state index in [2.05, 4.69) is 10.3 Å². The number of nitrogens with zero attached hydrogens (tertiary/aromatic N) is 2. The summed E-state index contributed by atoms with van der Waals surface area (Å²) in [6.45, 7) is 2.63. The van der Waals surface area contributed by atoms with Gasteiger partial charge in [-0.15, -0.1) is 0 Å². The molecule has 0 saturated carbocycles. The van der Waals surface area contributed by atoms with Crippen LogP contribution in [-0.4, -0.2) is 41.9 Å². The normalized spacial score (nSPS) is 14.3. The number of likely N-dealkylation sites (tertiary alicyclic amines) is 1. The van der Waals surface area contributed by atoms with Gasteiger partial charge in [-0.25, -0.2) is 0 Å². The molecule has 2 heterocycles. The molecule has 23 heavy (non-hydrogen) atoms. The van der Waals surface area contributed by atoms with Crippen LogP contribution >= 0.6 is 0 Å². The van der Waals surface area contributed by atoms with Crippen molar-refractivity contribution in [3.05, 3.63) is 30.0 Å². The highest BCUT2D eigenvalue weighted by Gasteiger charge is 2.23. The van der Waals surface area contributed by atoms with Crippen molar-refractivity contribution in [1.82, 2.24) is 9.88 Å². The van der Waals surface area contributed by atoms with E-state index in [9.17, 15) is 9.59 Å². The molecule has 6 heteroatoms. The molecule has 1 fully saturated rings. The summed E-state index contributed by atoms with van der Waals surface area (Å²) in [5.41, 5.74) is 2.28. The van der Waals surface area contributed by atoms with Crippen LogP contribution in [0.4, 0.5) is 5.69 Å². The number of fused-ring (bicyclic) bond motifs is 1. The van der Waals surface area contributed by atoms with E-state index < -0.39 is 0 Å². The SMILES string of the molecule is COc1cccc2c(NC(=O)CN3CCCC3=O)c(C)cnc12. The number of hydrogen-bond donors (Lipinski definition) is 1. The number of rotatable bonds is 4. The lowest BCUT2D eigenvalue weighted by Crippen LogP contribution is -2.34. The highest BCUT2D eigenvalue weighted by atomic mass is 16.5. The van der Waals surface area contributed by atoms with Crippen LogP contribution < -0.4 is 10.1 Å². The van der Waals surface area contributed by atoms with Gasteiger partial charge in [0.1, 0.15) is 11.3 Å². The molecule has 0 atom stereocenters. The zero-order valence-electron chi connectivity index (χ0n) is 13.3. The zero-order chi connectivity index (χ0) is 16.4. The Balaban J connectivity index is 1.88. The number of ether oxygens (including phenoxy) is 1. The number of carbonyl (C=O) groups is 2. The average molecular weight is 313 g/mol. The Morgan fingerprint density at radius 3 is 2.96 bits per heavy atom. The predicted octanol–water partition coefficient (Wildman–Crippen LogP) is 2.11. The van der Waals surface area contributed by atoms with Crippen LogP contribution in [0, 0.1) is 6.92 Å². The summed E-state index contributed by atoms with van der Waals surface area (Å²) < 4.78 is 5.32. The fourth-order valence-electron chi connectivity index (χ4n) is 2.85. The molecule has 6 nitrogen and oxygen atoms in total. The Morgan fingerprint density at radius 2 is 2.26 bits per heavy atom. The second-order valence-electron chi connectivity index (χ2n) is 5.64. The number of aryl methyl sites for hydroxylation is 1. The maximum Gasteiger partial charge on any atom is 0.244 e. The third-order valence-corrected chi connectivity index (χ3v) is 4.04. The molecule has 3 rings (SSSR count). The topological polar surface area (TPSA) is 71.5 Å². The average Bonchev–Trinajstić information content (AvgIpc) is 2.94. The van der Waals surface area contributed by atoms with Gasteiger partial charge in [0.15, 0.2) is 0 Å². The van der Waals surface area contributed by atoms with Crippen LogP contribution in [0.25, 0.3) is 10.9 Å². The summed E-state index contributed by atoms with van der Waals surface area (Å²) in [5, 5.41) is 3.75. The molecule has 1 N–H and O–H groups in total. The maximum atomic E-state index is 12.3. The third-order valence-electron chi connectivity index (χ3n) is 4.04. The van der Waals surface area contributed by atoms with E-state index in [1.54, 1.807) is 18.2 Å². The Labute approximate surface area is 134 Å². The molecule has 0 bridgehead atoms. The van der Waals surface area contributed by atoms with Gasteiger partial charge < -0.3 is 15.0 Å². The number of carbonyl (C=O) groups excluding carboxylic acids is 2. The van der Waals surface area contributed by atoms with Crippen molar-refractivity contribution in [2.75, 3.05) is 25.5 Å². The predicted molar refractivity (Wildman–Crippen MR) is 87.5 cm³/mol. The van der Waals surface area contributed by atoms with Gasteiger partial charge in [0.05, 0.1) is 19.3 Å². The molecule has 1 aromatic carbocycles. The Morgan fingerprint density at radius 1 is 1.43 bits per heavy atom. The summed E-state index contributed by atoms with van der Waals surface area (Å²) in [5.74, 6) is 0.504. The number of para-hydroxylation sites is 1. The van der Waals surface area contributed by atoms with Crippen molar-refractivity contribution in [3.8, 4) is 5.75 Å². The van der Waals surface area contributed by atoms with E-state index in [-0.39, 0.29) is 18.4 Å². The number of pyridine rings is 1. The van der Waals surface area contributed by atoms with E-state index in [0.717, 1.165) is 17.4 Å². The first-order chi connectivity index (χ1) is 11.1. The molecule has 0 unspecified atom stereocenters. The van der Waals surface area contributed by atoms with Gasteiger partial charge in [0.25, 0.3) is 0 Å². The third kappa shape index (κ3) is 2.97. The van der Waals surface area contributed by atoms with Crippen LogP contribution in [0.5, 0.6) is 5.75 Å². The van der Waals surface area contributed by atoms with E-state index in [0.29, 0.717) is 29.9 Å². The van der Waals surface area contributed by atoms with Gasteiger partial charge in [-0.1, -0.05) is 12.1 Å². The largest absolute Gasteiger partial charge is 0.494 e.